The van der Waals surface area contributed by atoms with Crippen LogP contribution in [-0.2, 0) is 10.6 Å². The van der Waals surface area contributed by atoms with E-state index in [1.807, 2.05) is 18.2 Å². The van der Waals surface area contributed by atoms with Crippen LogP contribution in [0.1, 0.15) is 12.5 Å². The third-order valence-electron chi connectivity index (χ3n) is 1.98. The summed E-state index contributed by atoms with van der Waals surface area (Å²) in [6.07, 6.45) is -0.287. The van der Waals surface area contributed by atoms with Crippen LogP contribution in [-0.4, -0.2) is 6.10 Å². The Labute approximate surface area is 64.8 Å². The molecule has 11 heavy (non-hydrogen) atoms. The molecule has 1 fully saturated rings. The van der Waals surface area contributed by atoms with Crippen molar-refractivity contribution in [3.8, 4) is 0 Å². The van der Waals surface area contributed by atoms with Crippen LogP contribution in [0.3, 0.4) is 0 Å². The molecule has 58 valence electrons. The average Bonchev–Trinajstić information content (AvgIpc) is 2.64. The first kappa shape index (κ1) is 6.80. The van der Waals surface area contributed by atoms with Gasteiger partial charge < -0.3 is 4.74 Å². The lowest BCUT2D eigenvalue weighted by Crippen LogP contribution is -2.02. The number of halogens is 1. The zero-order valence-electron chi connectivity index (χ0n) is 6.25. The lowest BCUT2D eigenvalue weighted by molar-refractivity contribution is 0.141. The molecule has 1 heterocycles. The second-order valence-electron chi connectivity index (χ2n) is 2.77. The predicted octanol–water partition coefficient (Wildman–Crippen LogP) is 2.23. The van der Waals surface area contributed by atoms with Crippen molar-refractivity contribution in [1.82, 2.24) is 0 Å². The number of alkyl halides is 1. The van der Waals surface area contributed by atoms with Gasteiger partial charge in [0.05, 0.1) is 0 Å². The zero-order chi connectivity index (χ0) is 7.90. The summed E-state index contributed by atoms with van der Waals surface area (Å²) in [7, 11) is 0. The van der Waals surface area contributed by atoms with E-state index >= 15 is 0 Å². The van der Waals surface area contributed by atoms with Gasteiger partial charge in [-0.05, 0) is 6.92 Å². The first-order valence-electron chi connectivity index (χ1n) is 3.66. The molecule has 0 N–H and O–H groups in total. The van der Waals surface area contributed by atoms with E-state index in [1.54, 1.807) is 19.1 Å². The number of ether oxygens (including phenoxy) is 1. The van der Waals surface area contributed by atoms with Crippen molar-refractivity contribution >= 4 is 0 Å². The van der Waals surface area contributed by atoms with Crippen LogP contribution in [0.5, 0.6) is 0 Å². The smallest absolute Gasteiger partial charge is 0.262 e. The number of epoxide rings is 1. The second kappa shape index (κ2) is 2.05. The molecule has 1 aliphatic rings. The molecule has 1 saturated heterocycles. The summed E-state index contributed by atoms with van der Waals surface area (Å²) in [6.45, 7) is 1.73. The highest BCUT2D eigenvalue weighted by atomic mass is 19.2. The Hall–Kier alpha value is -0.890. The molecule has 0 amide bonds. The maximum absolute atomic E-state index is 13.4. The van der Waals surface area contributed by atoms with E-state index < -0.39 is 5.85 Å². The lowest BCUT2D eigenvalue weighted by Gasteiger charge is -1.99. The third-order valence-corrected chi connectivity index (χ3v) is 1.98. The fourth-order valence-corrected chi connectivity index (χ4v) is 1.19. The minimum absolute atomic E-state index is 0.287. The second-order valence-corrected chi connectivity index (χ2v) is 2.77. The molecule has 0 aromatic heterocycles. The zero-order valence-corrected chi connectivity index (χ0v) is 6.25. The molecule has 0 spiro atoms. The SMILES string of the molecule is CC1OC1(F)c1ccccc1. The summed E-state index contributed by atoms with van der Waals surface area (Å²) >= 11 is 0. The molecule has 2 heteroatoms. The minimum atomic E-state index is -1.50. The molecule has 1 nitrogen and oxygen atoms in total. The van der Waals surface area contributed by atoms with Gasteiger partial charge in [0.25, 0.3) is 5.85 Å². The summed E-state index contributed by atoms with van der Waals surface area (Å²) in [5.74, 6) is -1.50. The van der Waals surface area contributed by atoms with Crippen LogP contribution in [0.2, 0.25) is 0 Å². The van der Waals surface area contributed by atoms with Crippen molar-refractivity contribution in [1.29, 1.82) is 0 Å². The normalized spacial score (nSPS) is 35.3. The Bertz CT molecular complexity index is 260. The van der Waals surface area contributed by atoms with E-state index in [-0.39, 0.29) is 6.10 Å². The molecule has 0 saturated carbocycles. The summed E-state index contributed by atoms with van der Waals surface area (Å²) < 4.78 is 18.2. The lowest BCUT2D eigenvalue weighted by atomic mass is 10.1. The van der Waals surface area contributed by atoms with Gasteiger partial charge in [0, 0.05) is 5.56 Å². The van der Waals surface area contributed by atoms with Gasteiger partial charge >= 0.3 is 0 Å². The van der Waals surface area contributed by atoms with Gasteiger partial charge in [-0.2, -0.15) is 0 Å². The third kappa shape index (κ3) is 0.942. The average molecular weight is 152 g/mol. The van der Waals surface area contributed by atoms with Crippen molar-refractivity contribution in [3.05, 3.63) is 35.9 Å². The first-order valence-corrected chi connectivity index (χ1v) is 3.66. The van der Waals surface area contributed by atoms with Gasteiger partial charge in [0.2, 0.25) is 0 Å². The van der Waals surface area contributed by atoms with Crippen LogP contribution in [0.25, 0.3) is 0 Å². The fourth-order valence-electron chi connectivity index (χ4n) is 1.19. The van der Waals surface area contributed by atoms with E-state index in [9.17, 15) is 4.39 Å². The molecule has 2 unspecified atom stereocenters. The minimum Gasteiger partial charge on any atom is -0.331 e. The van der Waals surface area contributed by atoms with Crippen molar-refractivity contribution in [3.63, 3.8) is 0 Å². The molecule has 1 aliphatic heterocycles. The Morgan fingerprint density at radius 3 is 2.36 bits per heavy atom. The van der Waals surface area contributed by atoms with Crippen molar-refractivity contribution in [2.24, 2.45) is 0 Å². The molecule has 2 atom stereocenters. The molecular formula is C9H9FO. The highest BCUT2D eigenvalue weighted by Crippen LogP contribution is 2.47. The Morgan fingerprint density at radius 2 is 1.91 bits per heavy atom. The number of rotatable bonds is 1. The molecule has 0 radical (unpaired) electrons. The predicted molar refractivity (Wildman–Crippen MR) is 39.8 cm³/mol. The van der Waals surface area contributed by atoms with Gasteiger partial charge in [-0.3, -0.25) is 0 Å². The summed E-state index contributed by atoms with van der Waals surface area (Å²) in [5.41, 5.74) is 0.618. The van der Waals surface area contributed by atoms with E-state index in [4.69, 9.17) is 4.74 Å². The topological polar surface area (TPSA) is 12.5 Å². The van der Waals surface area contributed by atoms with Gasteiger partial charge in [0.1, 0.15) is 6.10 Å². The monoisotopic (exact) mass is 152 g/mol. The summed E-state index contributed by atoms with van der Waals surface area (Å²) in [6, 6.07) is 8.96. The van der Waals surface area contributed by atoms with Crippen molar-refractivity contribution < 1.29 is 9.13 Å². The van der Waals surface area contributed by atoms with Gasteiger partial charge in [0.15, 0.2) is 0 Å². The molecule has 2 rings (SSSR count). The number of hydrogen-bond donors (Lipinski definition) is 0. The largest absolute Gasteiger partial charge is 0.331 e. The molecule has 0 bridgehead atoms. The van der Waals surface area contributed by atoms with Gasteiger partial charge in [-0.1, -0.05) is 30.3 Å². The van der Waals surface area contributed by atoms with Crippen LogP contribution < -0.4 is 0 Å². The van der Waals surface area contributed by atoms with Gasteiger partial charge in [-0.15, -0.1) is 0 Å². The van der Waals surface area contributed by atoms with Crippen LogP contribution >= 0.6 is 0 Å². The number of benzene rings is 1. The van der Waals surface area contributed by atoms with E-state index in [0.29, 0.717) is 5.56 Å². The van der Waals surface area contributed by atoms with Crippen LogP contribution in [0.15, 0.2) is 30.3 Å². The Morgan fingerprint density at radius 1 is 1.36 bits per heavy atom. The first-order chi connectivity index (χ1) is 5.23. The highest BCUT2D eigenvalue weighted by molar-refractivity contribution is 5.25. The van der Waals surface area contributed by atoms with E-state index in [2.05, 4.69) is 0 Å². The quantitative estimate of drug-likeness (QED) is 0.562. The maximum Gasteiger partial charge on any atom is 0.262 e. The van der Waals surface area contributed by atoms with Gasteiger partial charge in [-0.25, -0.2) is 4.39 Å². The Balaban J connectivity index is 2.32. The Kier molecular flexibility index (Phi) is 1.26. The van der Waals surface area contributed by atoms with Crippen LogP contribution in [0.4, 0.5) is 4.39 Å². The molecular weight excluding hydrogens is 143 g/mol. The summed E-state index contributed by atoms with van der Waals surface area (Å²) in [4.78, 5) is 0. The molecule has 1 aromatic carbocycles. The maximum atomic E-state index is 13.4. The summed E-state index contributed by atoms with van der Waals surface area (Å²) in [5, 5.41) is 0. The molecule has 1 aromatic rings. The standard InChI is InChI=1S/C9H9FO/c1-7-9(10,11-7)8-5-3-2-4-6-8/h2-7H,1H3. The number of hydrogen-bond acceptors (Lipinski definition) is 1. The fraction of sp³-hybridized carbons (Fsp3) is 0.333. The van der Waals surface area contributed by atoms with E-state index in [1.165, 1.54) is 0 Å². The highest BCUT2D eigenvalue weighted by Gasteiger charge is 2.56. The van der Waals surface area contributed by atoms with E-state index in [0.717, 1.165) is 0 Å². The van der Waals surface area contributed by atoms with Crippen LogP contribution in [0, 0.1) is 0 Å². The molecule has 0 aliphatic carbocycles. The van der Waals surface area contributed by atoms with Crippen molar-refractivity contribution in [2.45, 2.75) is 18.9 Å². The van der Waals surface area contributed by atoms with Crippen molar-refractivity contribution in [2.75, 3.05) is 0 Å².